The van der Waals surface area contributed by atoms with Crippen molar-refractivity contribution in [1.29, 1.82) is 0 Å². The number of hydrogen-bond acceptors (Lipinski definition) is 4. The molecular formula is C19H27N3O2S. The smallest absolute Gasteiger partial charge is 0.191 e. The van der Waals surface area contributed by atoms with Gasteiger partial charge in [0.2, 0.25) is 0 Å². The molecular weight excluding hydrogens is 334 g/mol. The second kappa shape index (κ2) is 10.1. The summed E-state index contributed by atoms with van der Waals surface area (Å²) in [7, 11) is 3.45. The summed E-state index contributed by atoms with van der Waals surface area (Å²) >= 11 is 1.79. The Balaban J connectivity index is 1.91. The zero-order valence-electron chi connectivity index (χ0n) is 15.4. The van der Waals surface area contributed by atoms with Crippen LogP contribution in [0.5, 0.6) is 5.75 Å². The molecule has 0 spiro atoms. The molecule has 2 rings (SSSR count). The van der Waals surface area contributed by atoms with Gasteiger partial charge in [-0.3, -0.25) is 4.99 Å². The SMILES string of the molecule is CN=C(NCc1ccc(C)s1)NCc1ccc(C)cc1OCCOC. The lowest BCUT2D eigenvalue weighted by molar-refractivity contribution is 0.145. The monoisotopic (exact) mass is 361 g/mol. The molecule has 2 aromatic rings. The first kappa shape index (κ1) is 19.3. The predicted octanol–water partition coefficient (Wildman–Crippen LogP) is 3.26. The minimum atomic E-state index is 0.539. The normalized spacial score (nSPS) is 11.4. The first-order valence-electron chi connectivity index (χ1n) is 8.33. The van der Waals surface area contributed by atoms with Crippen LogP contribution in [0.4, 0.5) is 0 Å². The number of nitrogens with one attached hydrogen (secondary N) is 2. The van der Waals surface area contributed by atoms with Gasteiger partial charge in [0.25, 0.3) is 0 Å². The van der Waals surface area contributed by atoms with Crippen LogP contribution in [0.3, 0.4) is 0 Å². The number of rotatable bonds is 8. The molecule has 0 fully saturated rings. The molecule has 0 atom stereocenters. The largest absolute Gasteiger partial charge is 0.491 e. The summed E-state index contributed by atoms with van der Waals surface area (Å²) in [5, 5.41) is 6.69. The number of aliphatic imine (C=N–C) groups is 1. The Hall–Kier alpha value is -2.05. The van der Waals surface area contributed by atoms with E-state index in [0.29, 0.717) is 19.8 Å². The second-order valence-corrected chi connectivity index (χ2v) is 7.12. The maximum absolute atomic E-state index is 5.83. The number of hydrogen-bond donors (Lipinski definition) is 2. The van der Waals surface area contributed by atoms with Crippen molar-refractivity contribution in [3.8, 4) is 5.75 Å². The third-order valence-corrected chi connectivity index (χ3v) is 4.66. The third-order valence-electron chi connectivity index (χ3n) is 3.66. The van der Waals surface area contributed by atoms with E-state index in [2.05, 4.69) is 59.8 Å². The van der Waals surface area contributed by atoms with Gasteiger partial charge < -0.3 is 20.1 Å². The van der Waals surface area contributed by atoms with Crippen LogP contribution in [0.1, 0.15) is 20.9 Å². The first-order valence-corrected chi connectivity index (χ1v) is 9.15. The molecule has 1 heterocycles. The fourth-order valence-corrected chi connectivity index (χ4v) is 3.16. The molecule has 5 nitrogen and oxygen atoms in total. The van der Waals surface area contributed by atoms with Gasteiger partial charge in [-0.15, -0.1) is 11.3 Å². The highest BCUT2D eigenvalue weighted by atomic mass is 32.1. The van der Waals surface area contributed by atoms with Crippen LogP contribution in [-0.4, -0.2) is 33.3 Å². The number of benzene rings is 1. The van der Waals surface area contributed by atoms with Crippen LogP contribution in [0.25, 0.3) is 0 Å². The lowest BCUT2D eigenvalue weighted by Crippen LogP contribution is -2.36. The van der Waals surface area contributed by atoms with Gasteiger partial charge >= 0.3 is 0 Å². The fraction of sp³-hybridized carbons (Fsp3) is 0.421. The van der Waals surface area contributed by atoms with Crippen molar-refractivity contribution in [3.05, 3.63) is 51.2 Å². The topological polar surface area (TPSA) is 54.9 Å². The summed E-state index contributed by atoms with van der Waals surface area (Å²) in [5.41, 5.74) is 2.27. The standard InChI is InChI=1S/C19H27N3O2S/c1-14-5-7-16(18(11-14)24-10-9-23-4)12-21-19(20-3)22-13-17-8-6-15(2)25-17/h5-8,11H,9-10,12-13H2,1-4H3,(H2,20,21,22). The van der Waals surface area contributed by atoms with E-state index in [0.717, 1.165) is 23.8 Å². The predicted molar refractivity (Wildman–Crippen MR) is 105 cm³/mol. The van der Waals surface area contributed by atoms with Gasteiger partial charge in [0, 0.05) is 36.0 Å². The molecule has 0 radical (unpaired) electrons. The fourth-order valence-electron chi connectivity index (χ4n) is 2.33. The molecule has 6 heteroatoms. The van der Waals surface area contributed by atoms with Gasteiger partial charge in [-0.1, -0.05) is 12.1 Å². The quantitative estimate of drug-likeness (QED) is 0.430. The molecule has 2 N–H and O–H groups in total. The van der Waals surface area contributed by atoms with E-state index in [4.69, 9.17) is 9.47 Å². The molecule has 25 heavy (non-hydrogen) atoms. The Morgan fingerprint density at radius 3 is 2.56 bits per heavy atom. The van der Waals surface area contributed by atoms with Crippen molar-refractivity contribution >= 4 is 17.3 Å². The lowest BCUT2D eigenvalue weighted by Gasteiger charge is -2.15. The average Bonchev–Trinajstić information content (AvgIpc) is 3.02. The van der Waals surface area contributed by atoms with E-state index < -0.39 is 0 Å². The van der Waals surface area contributed by atoms with Crippen LogP contribution >= 0.6 is 11.3 Å². The molecule has 0 saturated carbocycles. The van der Waals surface area contributed by atoms with Gasteiger partial charge in [-0.25, -0.2) is 0 Å². The summed E-state index contributed by atoms with van der Waals surface area (Å²) in [5.74, 6) is 1.66. The second-order valence-electron chi connectivity index (χ2n) is 5.74. The van der Waals surface area contributed by atoms with E-state index in [1.165, 1.54) is 15.3 Å². The zero-order chi connectivity index (χ0) is 18.1. The molecule has 0 bridgehead atoms. The van der Waals surface area contributed by atoms with Gasteiger partial charge in [0.15, 0.2) is 5.96 Å². The van der Waals surface area contributed by atoms with Crippen molar-refractivity contribution in [1.82, 2.24) is 10.6 Å². The maximum atomic E-state index is 5.83. The van der Waals surface area contributed by atoms with Crippen molar-refractivity contribution in [2.45, 2.75) is 26.9 Å². The Kier molecular flexibility index (Phi) is 7.76. The van der Waals surface area contributed by atoms with Gasteiger partial charge in [-0.2, -0.15) is 0 Å². The number of thiophene rings is 1. The van der Waals surface area contributed by atoms with Crippen molar-refractivity contribution < 1.29 is 9.47 Å². The Bertz CT molecular complexity index is 698. The van der Waals surface area contributed by atoms with Crippen molar-refractivity contribution in [2.75, 3.05) is 27.4 Å². The zero-order valence-corrected chi connectivity index (χ0v) is 16.2. The summed E-state index contributed by atoms with van der Waals surface area (Å²) in [6, 6.07) is 10.5. The number of methoxy groups -OCH3 is 1. The van der Waals surface area contributed by atoms with Crippen molar-refractivity contribution in [3.63, 3.8) is 0 Å². The number of nitrogens with zero attached hydrogens (tertiary/aromatic N) is 1. The summed E-state index contributed by atoms with van der Waals surface area (Å²) < 4.78 is 10.9. The number of aryl methyl sites for hydroxylation is 2. The Morgan fingerprint density at radius 2 is 1.88 bits per heavy atom. The molecule has 0 aliphatic rings. The lowest BCUT2D eigenvalue weighted by atomic mass is 10.1. The maximum Gasteiger partial charge on any atom is 0.191 e. The molecule has 0 unspecified atom stereocenters. The van der Waals surface area contributed by atoms with Crippen LogP contribution < -0.4 is 15.4 Å². The van der Waals surface area contributed by atoms with E-state index in [1.54, 1.807) is 25.5 Å². The van der Waals surface area contributed by atoms with Crippen LogP contribution in [0.2, 0.25) is 0 Å². The van der Waals surface area contributed by atoms with Crippen LogP contribution in [-0.2, 0) is 17.8 Å². The van der Waals surface area contributed by atoms with E-state index in [-0.39, 0.29) is 0 Å². The van der Waals surface area contributed by atoms with E-state index in [1.807, 2.05) is 0 Å². The van der Waals surface area contributed by atoms with Crippen molar-refractivity contribution in [2.24, 2.45) is 4.99 Å². The minimum Gasteiger partial charge on any atom is -0.491 e. The van der Waals surface area contributed by atoms with E-state index >= 15 is 0 Å². The van der Waals surface area contributed by atoms with Gasteiger partial charge in [0.05, 0.1) is 13.2 Å². The van der Waals surface area contributed by atoms with Gasteiger partial charge in [-0.05, 0) is 37.6 Å². The van der Waals surface area contributed by atoms with Gasteiger partial charge in [0.1, 0.15) is 12.4 Å². The molecule has 1 aromatic carbocycles. The number of ether oxygens (including phenoxy) is 2. The van der Waals surface area contributed by atoms with E-state index in [9.17, 15) is 0 Å². The third kappa shape index (κ3) is 6.40. The first-order chi connectivity index (χ1) is 12.1. The summed E-state index contributed by atoms with van der Waals surface area (Å²) in [6.07, 6.45) is 0. The average molecular weight is 362 g/mol. The highest BCUT2D eigenvalue weighted by molar-refractivity contribution is 7.11. The summed E-state index contributed by atoms with van der Waals surface area (Å²) in [4.78, 5) is 6.89. The molecule has 1 aromatic heterocycles. The van der Waals surface area contributed by atoms with Crippen LogP contribution in [0.15, 0.2) is 35.3 Å². The Labute approximate surface area is 154 Å². The van der Waals surface area contributed by atoms with Crippen LogP contribution in [0, 0.1) is 13.8 Å². The summed E-state index contributed by atoms with van der Waals surface area (Å²) in [6.45, 7) is 6.70. The molecule has 0 amide bonds. The molecule has 0 saturated heterocycles. The molecule has 0 aliphatic carbocycles. The molecule has 136 valence electrons. The highest BCUT2D eigenvalue weighted by Gasteiger charge is 2.06. The minimum absolute atomic E-state index is 0.539. The highest BCUT2D eigenvalue weighted by Crippen LogP contribution is 2.20. The number of guanidine groups is 1. The molecule has 0 aliphatic heterocycles. The Morgan fingerprint density at radius 1 is 1.08 bits per heavy atom.